The molecule has 3 nitrogen and oxygen atoms in total. The molecule has 4 heteroatoms. The molecule has 0 amide bonds. The number of hydrogen-bond donors (Lipinski definition) is 0. The van der Waals surface area contributed by atoms with E-state index in [1.165, 1.54) is 0 Å². The standard InChI is InChI=1S/C19H14ClN3/c1-13-7-18(12-21-10-13)23-19-6-5-15(8-16(19)11-22-23)14-3-2-4-17(20)9-14/h2-12H,1H3. The summed E-state index contributed by atoms with van der Waals surface area (Å²) in [5, 5.41) is 6.34. The van der Waals surface area contributed by atoms with Gasteiger partial charge in [0, 0.05) is 16.6 Å². The molecule has 0 atom stereocenters. The lowest BCUT2D eigenvalue weighted by Crippen LogP contribution is -1.97. The average molecular weight is 320 g/mol. The van der Waals surface area contributed by atoms with Gasteiger partial charge in [0.15, 0.2) is 0 Å². The zero-order valence-electron chi connectivity index (χ0n) is 12.6. The van der Waals surface area contributed by atoms with Crippen molar-refractivity contribution in [1.82, 2.24) is 14.8 Å². The first-order chi connectivity index (χ1) is 11.2. The third kappa shape index (κ3) is 2.60. The third-order valence-corrected chi connectivity index (χ3v) is 4.07. The van der Waals surface area contributed by atoms with E-state index in [4.69, 9.17) is 11.6 Å². The van der Waals surface area contributed by atoms with E-state index in [1.54, 1.807) is 0 Å². The van der Waals surface area contributed by atoms with Crippen LogP contribution in [0.3, 0.4) is 0 Å². The molecule has 2 aromatic heterocycles. The van der Waals surface area contributed by atoms with Gasteiger partial charge in [-0.25, -0.2) is 4.68 Å². The number of hydrogen-bond acceptors (Lipinski definition) is 2. The minimum absolute atomic E-state index is 0.740. The molecule has 0 N–H and O–H groups in total. The van der Waals surface area contributed by atoms with E-state index in [0.717, 1.165) is 38.3 Å². The van der Waals surface area contributed by atoms with Gasteiger partial charge in [-0.3, -0.25) is 4.98 Å². The molecule has 0 spiro atoms. The van der Waals surface area contributed by atoms with Gasteiger partial charge in [-0.15, -0.1) is 0 Å². The van der Waals surface area contributed by atoms with E-state index in [9.17, 15) is 0 Å². The fourth-order valence-electron chi connectivity index (χ4n) is 2.74. The van der Waals surface area contributed by atoms with E-state index in [0.29, 0.717) is 0 Å². The maximum absolute atomic E-state index is 6.09. The average Bonchev–Trinajstić information content (AvgIpc) is 2.98. The topological polar surface area (TPSA) is 30.7 Å². The molecular weight excluding hydrogens is 306 g/mol. The lowest BCUT2D eigenvalue weighted by Gasteiger charge is -2.06. The molecule has 2 heterocycles. The van der Waals surface area contributed by atoms with Crippen LogP contribution in [0.25, 0.3) is 27.7 Å². The molecule has 0 saturated heterocycles. The fraction of sp³-hybridized carbons (Fsp3) is 0.0526. The van der Waals surface area contributed by atoms with Crippen LogP contribution in [0.15, 0.2) is 67.1 Å². The van der Waals surface area contributed by atoms with E-state index in [2.05, 4.69) is 40.4 Å². The fourth-order valence-corrected chi connectivity index (χ4v) is 2.93. The van der Waals surface area contributed by atoms with Crippen LogP contribution in [0.5, 0.6) is 0 Å². The van der Waals surface area contributed by atoms with E-state index >= 15 is 0 Å². The summed E-state index contributed by atoms with van der Waals surface area (Å²) in [6, 6.07) is 16.3. The van der Waals surface area contributed by atoms with Gasteiger partial charge in [-0.2, -0.15) is 5.10 Å². The molecule has 0 aliphatic heterocycles. The van der Waals surface area contributed by atoms with Crippen LogP contribution in [0.4, 0.5) is 0 Å². The first-order valence-electron chi connectivity index (χ1n) is 7.36. The molecular formula is C19H14ClN3. The quantitative estimate of drug-likeness (QED) is 0.517. The summed E-state index contributed by atoms with van der Waals surface area (Å²) in [4.78, 5) is 4.25. The lowest BCUT2D eigenvalue weighted by atomic mass is 10.0. The summed E-state index contributed by atoms with van der Waals surface area (Å²) < 4.78 is 1.91. The van der Waals surface area contributed by atoms with E-state index in [1.807, 2.05) is 48.4 Å². The second-order valence-electron chi connectivity index (χ2n) is 5.56. The number of fused-ring (bicyclic) bond motifs is 1. The summed E-state index contributed by atoms with van der Waals surface area (Å²) >= 11 is 6.09. The molecule has 4 aromatic rings. The maximum atomic E-state index is 6.09. The predicted molar refractivity (Wildman–Crippen MR) is 94.0 cm³/mol. The Morgan fingerprint density at radius 2 is 1.78 bits per heavy atom. The van der Waals surface area contributed by atoms with Crippen molar-refractivity contribution in [1.29, 1.82) is 0 Å². The molecule has 0 unspecified atom stereocenters. The summed E-state index contributed by atoms with van der Waals surface area (Å²) in [5.41, 5.74) is 5.37. The van der Waals surface area contributed by atoms with Gasteiger partial charge in [0.25, 0.3) is 0 Å². The van der Waals surface area contributed by atoms with Crippen LogP contribution < -0.4 is 0 Å². The van der Waals surface area contributed by atoms with Crippen molar-refractivity contribution in [3.05, 3.63) is 77.7 Å². The van der Waals surface area contributed by atoms with Crippen molar-refractivity contribution < 1.29 is 0 Å². The molecule has 0 aliphatic rings. The number of pyridine rings is 1. The molecule has 0 radical (unpaired) electrons. The molecule has 0 bridgehead atoms. The van der Waals surface area contributed by atoms with Crippen molar-refractivity contribution >= 4 is 22.5 Å². The summed E-state index contributed by atoms with van der Waals surface area (Å²) in [6.07, 6.45) is 5.54. The third-order valence-electron chi connectivity index (χ3n) is 3.83. The minimum Gasteiger partial charge on any atom is -0.262 e. The number of aryl methyl sites for hydroxylation is 1. The number of halogens is 1. The normalized spacial score (nSPS) is 11.0. The Morgan fingerprint density at radius 3 is 2.61 bits per heavy atom. The number of rotatable bonds is 2. The Bertz CT molecular complexity index is 1000. The Kier molecular flexibility index (Phi) is 3.36. The largest absolute Gasteiger partial charge is 0.262 e. The van der Waals surface area contributed by atoms with Gasteiger partial charge in [0.2, 0.25) is 0 Å². The first kappa shape index (κ1) is 14.0. The van der Waals surface area contributed by atoms with Gasteiger partial charge < -0.3 is 0 Å². The van der Waals surface area contributed by atoms with Crippen LogP contribution in [-0.4, -0.2) is 14.8 Å². The van der Waals surface area contributed by atoms with Crippen LogP contribution in [0.2, 0.25) is 5.02 Å². The second kappa shape index (κ2) is 5.52. The Labute approximate surface area is 139 Å². The zero-order valence-corrected chi connectivity index (χ0v) is 13.3. The predicted octanol–water partition coefficient (Wildman–Crippen LogP) is 5.05. The highest BCUT2D eigenvalue weighted by atomic mass is 35.5. The van der Waals surface area contributed by atoms with Crippen LogP contribution in [0, 0.1) is 6.92 Å². The lowest BCUT2D eigenvalue weighted by molar-refractivity contribution is 0.901. The van der Waals surface area contributed by atoms with E-state index in [-0.39, 0.29) is 0 Å². The number of nitrogens with zero attached hydrogens (tertiary/aromatic N) is 3. The minimum atomic E-state index is 0.740. The van der Waals surface area contributed by atoms with Crippen LogP contribution >= 0.6 is 11.6 Å². The van der Waals surface area contributed by atoms with Crippen LogP contribution in [-0.2, 0) is 0 Å². The summed E-state index contributed by atoms with van der Waals surface area (Å²) in [6.45, 7) is 2.03. The highest BCUT2D eigenvalue weighted by Gasteiger charge is 2.07. The molecule has 2 aromatic carbocycles. The summed E-state index contributed by atoms with van der Waals surface area (Å²) in [5.74, 6) is 0. The molecule has 4 rings (SSSR count). The Balaban J connectivity index is 1.83. The zero-order chi connectivity index (χ0) is 15.8. The maximum Gasteiger partial charge on any atom is 0.0838 e. The molecule has 0 saturated carbocycles. The summed E-state index contributed by atoms with van der Waals surface area (Å²) in [7, 11) is 0. The van der Waals surface area contributed by atoms with Crippen molar-refractivity contribution in [2.24, 2.45) is 0 Å². The van der Waals surface area contributed by atoms with Crippen molar-refractivity contribution in [3.63, 3.8) is 0 Å². The second-order valence-corrected chi connectivity index (χ2v) is 6.00. The Hall–Kier alpha value is -2.65. The number of aromatic nitrogens is 3. The van der Waals surface area contributed by atoms with Gasteiger partial charge >= 0.3 is 0 Å². The van der Waals surface area contributed by atoms with Gasteiger partial charge in [-0.1, -0.05) is 29.8 Å². The number of benzene rings is 2. The SMILES string of the molecule is Cc1cncc(-n2ncc3cc(-c4cccc(Cl)c4)ccc32)c1. The molecule has 0 fully saturated rings. The van der Waals surface area contributed by atoms with Gasteiger partial charge in [0.05, 0.1) is 23.6 Å². The molecule has 23 heavy (non-hydrogen) atoms. The van der Waals surface area contributed by atoms with E-state index < -0.39 is 0 Å². The van der Waals surface area contributed by atoms with Gasteiger partial charge in [-0.05, 0) is 53.9 Å². The van der Waals surface area contributed by atoms with Crippen molar-refractivity contribution in [2.45, 2.75) is 6.92 Å². The van der Waals surface area contributed by atoms with Crippen LogP contribution in [0.1, 0.15) is 5.56 Å². The highest BCUT2D eigenvalue weighted by Crippen LogP contribution is 2.27. The monoisotopic (exact) mass is 319 g/mol. The Morgan fingerprint density at radius 1 is 0.913 bits per heavy atom. The van der Waals surface area contributed by atoms with Gasteiger partial charge in [0.1, 0.15) is 0 Å². The van der Waals surface area contributed by atoms with Crippen molar-refractivity contribution in [2.75, 3.05) is 0 Å². The smallest absolute Gasteiger partial charge is 0.0838 e. The first-order valence-corrected chi connectivity index (χ1v) is 7.74. The highest BCUT2D eigenvalue weighted by molar-refractivity contribution is 6.30. The molecule has 112 valence electrons. The van der Waals surface area contributed by atoms with Crippen molar-refractivity contribution in [3.8, 4) is 16.8 Å². The molecule has 0 aliphatic carbocycles.